The average molecular weight is 209 g/mol. The van der Waals surface area contributed by atoms with Crippen molar-refractivity contribution < 1.29 is 22.9 Å². The predicted molar refractivity (Wildman–Crippen MR) is 46.0 cm³/mol. The van der Waals surface area contributed by atoms with E-state index in [-0.39, 0.29) is 6.61 Å². The Morgan fingerprint density at radius 3 is 2.69 bits per heavy atom. The molecule has 0 aromatic rings. The molecule has 0 aliphatic carbocycles. The van der Waals surface area contributed by atoms with Crippen LogP contribution in [0.2, 0.25) is 0 Å². The van der Waals surface area contributed by atoms with Crippen LogP contribution in [0.5, 0.6) is 0 Å². The molecule has 0 atom stereocenters. The summed E-state index contributed by atoms with van der Waals surface area (Å²) < 4.78 is 31.1. The molecule has 5 nitrogen and oxygen atoms in total. The van der Waals surface area contributed by atoms with Crippen LogP contribution in [0.1, 0.15) is 13.3 Å². The van der Waals surface area contributed by atoms with E-state index in [1.807, 2.05) is 0 Å². The zero-order valence-electron chi connectivity index (χ0n) is 7.60. The van der Waals surface area contributed by atoms with Gasteiger partial charge in [-0.1, -0.05) is 0 Å². The Kier molecular flexibility index (Phi) is 4.91. The molecular weight excluding hydrogens is 195 g/mol. The van der Waals surface area contributed by atoms with Gasteiger partial charge < -0.3 is 4.74 Å². The molecule has 0 aromatic heterocycles. The predicted octanol–water partition coefficient (Wildman–Crippen LogP) is 1.75. The van der Waals surface area contributed by atoms with Crippen LogP contribution in [0, 0.1) is 6.61 Å². The van der Waals surface area contributed by atoms with Gasteiger partial charge in [-0.2, -0.15) is 0 Å². The topological polar surface area (TPSA) is 54.0 Å². The Morgan fingerprint density at radius 2 is 2.08 bits per heavy atom. The molecule has 0 bridgehead atoms. The zero-order chi connectivity index (χ0) is 9.57. The molecule has 13 heavy (non-hydrogen) atoms. The molecule has 1 saturated heterocycles. The standard InChI is InChI=1S/C7H14O5P/c1-2-9-6-7-12-13(8)10-4-3-5-11-13/h2H,3-7H2,1H3. The molecule has 1 fully saturated rings. The molecule has 1 rings (SSSR count). The van der Waals surface area contributed by atoms with Crippen LogP contribution < -0.4 is 0 Å². The minimum Gasteiger partial charge on any atom is -0.373 e. The number of hydrogen-bond donors (Lipinski definition) is 0. The number of ether oxygens (including phenoxy) is 1. The third-order valence-electron chi connectivity index (χ3n) is 1.40. The van der Waals surface area contributed by atoms with E-state index in [2.05, 4.69) is 0 Å². The van der Waals surface area contributed by atoms with Crippen molar-refractivity contribution in [3.05, 3.63) is 6.61 Å². The van der Waals surface area contributed by atoms with Gasteiger partial charge in [-0.15, -0.1) is 0 Å². The second kappa shape index (κ2) is 5.73. The van der Waals surface area contributed by atoms with Crippen molar-refractivity contribution in [2.24, 2.45) is 0 Å². The van der Waals surface area contributed by atoms with Gasteiger partial charge in [-0.05, 0) is 13.3 Å². The lowest BCUT2D eigenvalue weighted by Crippen LogP contribution is -2.12. The van der Waals surface area contributed by atoms with E-state index < -0.39 is 7.82 Å². The van der Waals surface area contributed by atoms with Crippen LogP contribution in [0.25, 0.3) is 0 Å². The highest BCUT2D eigenvalue weighted by molar-refractivity contribution is 7.48. The second-order valence-corrected chi connectivity index (χ2v) is 4.08. The highest BCUT2D eigenvalue weighted by atomic mass is 31.2. The molecule has 77 valence electrons. The monoisotopic (exact) mass is 209 g/mol. The van der Waals surface area contributed by atoms with Gasteiger partial charge in [-0.3, -0.25) is 13.6 Å². The van der Waals surface area contributed by atoms with Gasteiger partial charge in [0.25, 0.3) is 0 Å². The largest absolute Gasteiger partial charge is 0.474 e. The van der Waals surface area contributed by atoms with Crippen molar-refractivity contribution >= 4 is 7.82 Å². The van der Waals surface area contributed by atoms with Gasteiger partial charge in [0.1, 0.15) is 0 Å². The summed E-state index contributed by atoms with van der Waals surface area (Å²) in [7, 11) is -3.25. The maximum absolute atomic E-state index is 11.5. The Hall–Kier alpha value is 0.0700. The first kappa shape index (κ1) is 11.1. The van der Waals surface area contributed by atoms with Crippen LogP contribution in [0.3, 0.4) is 0 Å². The first-order valence-electron chi connectivity index (χ1n) is 4.20. The maximum atomic E-state index is 11.5. The van der Waals surface area contributed by atoms with Crippen molar-refractivity contribution in [3.8, 4) is 0 Å². The molecule has 1 aliphatic heterocycles. The summed E-state index contributed by atoms with van der Waals surface area (Å²) in [4.78, 5) is 0. The zero-order valence-corrected chi connectivity index (χ0v) is 8.50. The smallest absolute Gasteiger partial charge is 0.373 e. The molecule has 6 heteroatoms. The third kappa shape index (κ3) is 4.20. The molecule has 0 spiro atoms. The van der Waals surface area contributed by atoms with E-state index in [1.54, 1.807) is 13.5 Å². The lowest BCUT2D eigenvalue weighted by atomic mass is 10.5. The van der Waals surface area contributed by atoms with E-state index in [0.717, 1.165) is 6.42 Å². The normalized spacial score (nSPS) is 21.6. The molecule has 0 unspecified atom stereocenters. The van der Waals surface area contributed by atoms with Gasteiger partial charge in [0.2, 0.25) is 0 Å². The first-order valence-corrected chi connectivity index (χ1v) is 5.66. The van der Waals surface area contributed by atoms with E-state index in [4.69, 9.17) is 18.3 Å². The number of phosphoric acid groups is 1. The van der Waals surface area contributed by atoms with Crippen molar-refractivity contribution in [2.75, 3.05) is 26.4 Å². The quantitative estimate of drug-likeness (QED) is 0.510. The van der Waals surface area contributed by atoms with Crippen molar-refractivity contribution in [2.45, 2.75) is 13.3 Å². The average Bonchev–Trinajstić information content (AvgIpc) is 2.14. The fourth-order valence-electron chi connectivity index (χ4n) is 0.838. The Balaban J connectivity index is 2.14. The highest BCUT2D eigenvalue weighted by Gasteiger charge is 2.29. The molecule has 0 saturated carbocycles. The SMILES string of the molecule is C[CH]OCCOP1(=O)OCCCO1. The summed E-state index contributed by atoms with van der Waals surface area (Å²) >= 11 is 0. The summed E-state index contributed by atoms with van der Waals surface area (Å²) in [6.07, 6.45) is 0.757. The van der Waals surface area contributed by atoms with Gasteiger partial charge in [-0.25, -0.2) is 4.57 Å². The number of rotatable bonds is 5. The molecule has 0 aromatic carbocycles. The highest BCUT2D eigenvalue weighted by Crippen LogP contribution is 2.51. The second-order valence-electron chi connectivity index (χ2n) is 2.41. The van der Waals surface area contributed by atoms with Gasteiger partial charge in [0.15, 0.2) is 0 Å². The summed E-state index contributed by atoms with van der Waals surface area (Å²) in [5, 5.41) is 0. The van der Waals surface area contributed by atoms with Crippen LogP contribution in [0.15, 0.2) is 0 Å². The van der Waals surface area contributed by atoms with Gasteiger partial charge in [0.05, 0.1) is 33.0 Å². The van der Waals surface area contributed by atoms with E-state index >= 15 is 0 Å². The molecule has 0 amide bonds. The minimum absolute atomic E-state index is 0.210. The molecule has 1 heterocycles. The fourth-order valence-corrected chi connectivity index (χ4v) is 2.07. The summed E-state index contributed by atoms with van der Waals surface area (Å²) in [6, 6.07) is 0. The molecule has 0 N–H and O–H groups in total. The van der Waals surface area contributed by atoms with Crippen LogP contribution in [0.4, 0.5) is 0 Å². The molecule has 1 aliphatic rings. The van der Waals surface area contributed by atoms with E-state index in [9.17, 15) is 4.57 Å². The van der Waals surface area contributed by atoms with Crippen LogP contribution in [-0.2, 0) is 22.9 Å². The van der Waals surface area contributed by atoms with Crippen LogP contribution in [-0.4, -0.2) is 26.4 Å². The Morgan fingerprint density at radius 1 is 1.38 bits per heavy atom. The van der Waals surface area contributed by atoms with Crippen molar-refractivity contribution in [1.82, 2.24) is 0 Å². The van der Waals surface area contributed by atoms with E-state index in [1.165, 1.54) is 0 Å². The third-order valence-corrected chi connectivity index (χ3v) is 2.90. The summed E-state index contributed by atoms with van der Waals surface area (Å²) in [6.45, 7) is 4.72. The number of hydrogen-bond acceptors (Lipinski definition) is 5. The first-order chi connectivity index (χ1) is 6.27. The fraction of sp³-hybridized carbons (Fsp3) is 0.857. The lowest BCUT2D eigenvalue weighted by molar-refractivity contribution is 0.0582. The Labute approximate surface area is 77.9 Å². The maximum Gasteiger partial charge on any atom is 0.474 e. The lowest BCUT2D eigenvalue weighted by Gasteiger charge is -2.21. The van der Waals surface area contributed by atoms with Gasteiger partial charge >= 0.3 is 7.82 Å². The van der Waals surface area contributed by atoms with Crippen molar-refractivity contribution in [1.29, 1.82) is 0 Å². The van der Waals surface area contributed by atoms with Gasteiger partial charge in [0, 0.05) is 0 Å². The molecular formula is C7H14O5P. The number of phosphoric ester groups is 1. The van der Waals surface area contributed by atoms with E-state index in [0.29, 0.717) is 19.8 Å². The van der Waals surface area contributed by atoms with Crippen molar-refractivity contribution in [3.63, 3.8) is 0 Å². The summed E-state index contributed by atoms with van der Waals surface area (Å²) in [5.41, 5.74) is 0. The molecule has 1 radical (unpaired) electrons. The summed E-state index contributed by atoms with van der Waals surface area (Å²) in [5.74, 6) is 0. The van der Waals surface area contributed by atoms with Crippen LogP contribution >= 0.6 is 7.82 Å². The minimum atomic E-state index is -3.25. The Bertz CT molecular complexity index is 174.